The summed E-state index contributed by atoms with van der Waals surface area (Å²) in [7, 11) is 1.81. The highest BCUT2D eigenvalue weighted by Gasteiger charge is 2.17. The molecule has 132 valence electrons. The third-order valence-electron chi connectivity index (χ3n) is 3.45. The summed E-state index contributed by atoms with van der Waals surface area (Å²) < 4.78 is 0. The van der Waals surface area contributed by atoms with Crippen LogP contribution in [0.1, 0.15) is 5.56 Å². The summed E-state index contributed by atoms with van der Waals surface area (Å²) in [5.41, 5.74) is 0.995. The highest BCUT2D eigenvalue weighted by Crippen LogP contribution is 2.27. The molecule has 6 nitrogen and oxygen atoms in total. The van der Waals surface area contributed by atoms with E-state index in [4.69, 9.17) is 11.6 Å². The van der Waals surface area contributed by atoms with Gasteiger partial charge >= 0.3 is 0 Å². The van der Waals surface area contributed by atoms with Crippen LogP contribution < -0.4 is 5.32 Å². The van der Waals surface area contributed by atoms with E-state index in [-0.39, 0.29) is 23.8 Å². The molecule has 0 aromatic heterocycles. The maximum Gasteiger partial charge on any atom is 0.292 e. The van der Waals surface area contributed by atoms with Crippen molar-refractivity contribution in [1.29, 1.82) is 0 Å². The molecule has 1 amide bonds. The predicted molar refractivity (Wildman–Crippen MR) is 101 cm³/mol. The molecule has 0 aliphatic heterocycles. The molecule has 0 bridgehead atoms. The van der Waals surface area contributed by atoms with Crippen molar-refractivity contribution in [3.8, 4) is 0 Å². The zero-order valence-electron chi connectivity index (χ0n) is 13.9. The lowest BCUT2D eigenvalue weighted by Crippen LogP contribution is -2.30. The number of hydrogen-bond acceptors (Lipinski definition) is 5. The molecule has 0 unspecified atom stereocenters. The average Bonchev–Trinajstić information content (AvgIpc) is 2.55. The lowest BCUT2D eigenvalue weighted by molar-refractivity contribution is -0.383. The van der Waals surface area contributed by atoms with Gasteiger partial charge in [0, 0.05) is 22.5 Å². The number of rotatable bonds is 7. The third-order valence-corrected chi connectivity index (χ3v) is 4.43. The van der Waals surface area contributed by atoms with Crippen LogP contribution in [0.5, 0.6) is 0 Å². The Kier molecular flexibility index (Phi) is 6.81. The van der Waals surface area contributed by atoms with E-state index in [1.165, 1.54) is 23.1 Å². The van der Waals surface area contributed by atoms with E-state index in [0.717, 1.165) is 5.56 Å². The van der Waals surface area contributed by atoms with E-state index >= 15 is 0 Å². The third kappa shape index (κ3) is 5.74. The van der Waals surface area contributed by atoms with Gasteiger partial charge in [-0.2, -0.15) is 0 Å². The molecule has 25 heavy (non-hydrogen) atoms. The first kappa shape index (κ1) is 19.2. The molecule has 0 aliphatic rings. The normalized spacial score (nSPS) is 10.7. The molecule has 0 radical (unpaired) electrons. The smallest absolute Gasteiger partial charge is 0.292 e. The first-order valence-corrected chi connectivity index (χ1v) is 9.04. The molecule has 0 saturated carbocycles. The lowest BCUT2D eigenvalue weighted by atomic mass is 10.2. The summed E-state index contributed by atoms with van der Waals surface area (Å²) in [4.78, 5) is 25.7. The SMILES string of the molecule is CSc1ccc(CN(C)CC(=O)Nc2cc(Cl)ccc2[N+](=O)[O-])cc1. The molecule has 0 atom stereocenters. The standard InChI is InChI=1S/C17H18ClN3O3S/c1-20(10-12-3-6-14(25-2)7-4-12)11-17(22)19-15-9-13(18)5-8-16(15)21(23)24/h3-9H,10-11H2,1-2H3,(H,19,22). The molecule has 2 aromatic carbocycles. The van der Waals surface area contributed by atoms with Gasteiger partial charge in [-0.05, 0) is 43.1 Å². The Morgan fingerprint density at radius 1 is 1.28 bits per heavy atom. The molecule has 2 rings (SSSR count). The summed E-state index contributed by atoms with van der Waals surface area (Å²) in [6.07, 6.45) is 2.01. The van der Waals surface area contributed by atoms with Gasteiger partial charge in [-0.1, -0.05) is 23.7 Å². The topological polar surface area (TPSA) is 75.5 Å². The van der Waals surface area contributed by atoms with Gasteiger partial charge in [0.2, 0.25) is 5.91 Å². The van der Waals surface area contributed by atoms with Gasteiger partial charge in [0.25, 0.3) is 5.69 Å². The van der Waals surface area contributed by atoms with E-state index in [1.54, 1.807) is 11.8 Å². The van der Waals surface area contributed by atoms with E-state index in [1.807, 2.05) is 42.5 Å². The summed E-state index contributed by atoms with van der Waals surface area (Å²) >= 11 is 7.53. The number of hydrogen-bond donors (Lipinski definition) is 1. The Morgan fingerprint density at radius 3 is 2.56 bits per heavy atom. The quantitative estimate of drug-likeness (QED) is 0.446. The minimum Gasteiger partial charge on any atom is -0.319 e. The Labute approximate surface area is 155 Å². The Bertz CT molecular complexity index is 768. The Balaban J connectivity index is 1.97. The van der Waals surface area contributed by atoms with E-state index in [9.17, 15) is 14.9 Å². The molecule has 2 aromatic rings. The molecule has 0 fully saturated rings. The number of nitro benzene ring substituents is 1. The number of thioether (sulfide) groups is 1. The van der Waals surface area contributed by atoms with Gasteiger partial charge in [0.05, 0.1) is 11.5 Å². The number of amides is 1. The van der Waals surface area contributed by atoms with Crippen LogP contribution >= 0.6 is 23.4 Å². The van der Waals surface area contributed by atoms with Crippen LogP contribution in [0.25, 0.3) is 0 Å². The van der Waals surface area contributed by atoms with Gasteiger partial charge in [-0.15, -0.1) is 11.8 Å². The molecular weight excluding hydrogens is 362 g/mol. The zero-order chi connectivity index (χ0) is 18.4. The highest BCUT2D eigenvalue weighted by molar-refractivity contribution is 7.98. The number of nitrogens with one attached hydrogen (secondary N) is 1. The lowest BCUT2D eigenvalue weighted by Gasteiger charge is -2.16. The fourth-order valence-corrected chi connectivity index (χ4v) is 2.88. The number of anilines is 1. The van der Waals surface area contributed by atoms with Crippen LogP contribution in [0.15, 0.2) is 47.4 Å². The number of nitro groups is 1. The average molecular weight is 380 g/mol. The molecule has 0 saturated heterocycles. The molecule has 1 N–H and O–H groups in total. The van der Waals surface area contributed by atoms with Crippen molar-refractivity contribution in [3.05, 3.63) is 63.2 Å². The highest BCUT2D eigenvalue weighted by atomic mass is 35.5. The van der Waals surface area contributed by atoms with Crippen LogP contribution in [-0.2, 0) is 11.3 Å². The first-order valence-electron chi connectivity index (χ1n) is 7.44. The van der Waals surface area contributed by atoms with Crippen molar-refractivity contribution in [2.75, 3.05) is 25.2 Å². The van der Waals surface area contributed by atoms with Crippen molar-refractivity contribution in [2.45, 2.75) is 11.4 Å². The van der Waals surface area contributed by atoms with Crippen molar-refractivity contribution < 1.29 is 9.72 Å². The minimum absolute atomic E-state index is 0.0974. The van der Waals surface area contributed by atoms with Crippen molar-refractivity contribution >= 4 is 40.6 Å². The maximum atomic E-state index is 12.2. The van der Waals surface area contributed by atoms with Crippen LogP contribution in [0.2, 0.25) is 5.02 Å². The van der Waals surface area contributed by atoms with Crippen molar-refractivity contribution in [2.24, 2.45) is 0 Å². The first-order chi connectivity index (χ1) is 11.9. The van der Waals surface area contributed by atoms with E-state index < -0.39 is 4.92 Å². The van der Waals surface area contributed by atoms with E-state index in [2.05, 4.69) is 5.32 Å². The molecule has 0 aliphatic carbocycles. The van der Waals surface area contributed by atoms with Crippen LogP contribution in [0, 0.1) is 10.1 Å². The fourth-order valence-electron chi connectivity index (χ4n) is 2.30. The molecule has 0 spiro atoms. The van der Waals surface area contributed by atoms with Gasteiger partial charge in [-0.3, -0.25) is 19.8 Å². The fraction of sp³-hybridized carbons (Fsp3) is 0.235. The minimum atomic E-state index is -0.553. The number of carbonyl (C=O) groups is 1. The monoisotopic (exact) mass is 379 g/mol. The van der Waals surface area contributed by atoms with Crippen LogP contribution in [0.4, 0.5) is 11.4 Å². The van der Waals surface area contributed by atoms with Crippen LogP contribution in [0.3, 0.4) is 0 Å². The van der Waals surface area contributed by atoms with Crippen LogP contribution in [-0.4, -0.2) is 35.6 Å². The number of halogens is 1. The number of nitrogens with zero attached hydrogens (tertiary/aromatic N) is 2. The van der Waals surface area contributed by atoms with Gasteiger partial charge in [0.15, 0.2) is 0 Å². The number of benzene rings is 2. The zero-order valence-corrected chi connectivity index (χ0v) is 15.4. The summed E-state index contributed by atoms with van der Waals surface area (Å²) in [6, 6.07) is 12.2. The second-order valence-corrected chi connectivity index (χ2v) is 6.80. The second kappa shape index (κ2) is 8.84. The second-order valence-electron chi connectivity index (χ2n) is 5.49. The number of likely N-dealkylation sites (N-methyl/N-ethyl adjacent to an activating group) is 1. The Morgan fingerprint density at radius 2 is 1.96 bits per heavy atom. The molecule has 0 heterocycles. The van der Waals surface area contributed by atoms with Gasteiger partial charge < -0.3 is 5.32 Å². The summed E-state index contributed by atoms with van der Waals surface area (Å²) in [5.74, 6) is -0.339. The van der Waals surface area contributed by atoms with E-state index in [0.29, 0.717) is 11.6 Å². The molecular formula is C17H18ClN3O3S. The van der Waals surface area contributed by atoms with Gasteiger partial charge in [0.1, 0.15) is 5.69 Å². The Hall–Kier alpha value is -2.09. The van der Waals surface area contributed by atoms with Gasteiger partial charge in [-0.25, -0.2) is 0 Å². The largest absolute Gasteiger partial charge is 0.319 e. The predicted octanol–water partition coefficient (Wildman–Crippen LogP) is 4.04. The molecule has 8 heteroatoms. The maximum absolute atomic E-state index is 12.2. The summed E-state index contributed by atoms with van der Waals surface area (Å²) in [6.45, 7) is 0.702. The summed E-state index contributed by atoms with van der Waals surface area (Å²) in [5, 5.41) is 13.9. The number of carbonyl (C=O) groups excluding carboxylic acids is 1. The van der Waals surface area contributed by atoms with Crippen molar-refractivity contribution in [1.82, 2.24) is 4.90 Å². The van der Waals surface area contributed by atoms with Crippen molar-refractivity contribution in [3.63, 3.8) is 0 Å².